The SMILES string of the molecule is Cn1cc(CCSCCN)cn1. The molecule has 3 nitrogen and oxygen atoms in total. The first-order valence-electron chi connectivity index (χ1n) is 4.08. The summed E-state index contributed by atoms with van der Waals surface area (Å²) in [7, 11) is 1.94. The zero-order valence-electron chi connectivity index (χ0n) is 7.36. The maximum absolute atomic E-state index is 5.37. The van der Waals surface area contributed by atoms with Crippen LogP contribution in [0.25, 0.3) is 0 Å². The minimum atomic E-state index is 0.776. The van der Waals surface area contributed by atoms with Crippen LogP contribution >= 0.6 is 11.8 Å². The molecule has 0 atom stereocenters. The van der Waals surface area contributed by atoms with Crippen LogP contribution in [-0.4, -0.2) is 27.8 Å². The van der Waals surface area contributed by atoms with Gasteiger partial charge in [-0.25, -0.2) is 0 Å². The molecule has 0 amide bonds. The Balaban J connectivity index is 2.15. The van der Waals surface area contributed by atoms with E-state index in [1.54, 1.807) is 0 Å². The van der Waals surface area contributed by atoms with Crippen LogP contribution in [0.2, 0.25) is 0 Å². The zero-order valence-corrected chi connectivity index (χ0v) is 8.18. The van der Waals surface area contributed by atoms with E-state index < -0.39 is 0 Å². The fourth-order valence-electron chi connectivity index (χ4n) is 0.976. The Morgan fingerprint density at radius 1 is 1.58 bits per heavy atom. The predicted octanol–water partition coefficient (Wildman–Crippen LogP) is 0.654. The summed E-state index contributed by atoms with van der Waals surface area (Å²) in [6.07, 6.45) is 5.07. The summed E-state index contributed by atoms with van der Waals surface area (Å²) in [6, 6.07) is 0. The molecular weight excluding hydrogens is 170 g/mol. The Morgan fingerprint density at radius 3 is 3.00 bits per heavy atom. The second-order valence-corrected chi connectivity index (χ2v) is 3.90. The highest BCUT2D eigenvalue weighted by molar-refractivity contribution is 7.99. The highest BCUT2D eigenvalue weighted by Crippen LogP contribution is 2.04. The number of rotatable bonds is 5. The van der Waals surface area contributed by atoms with Crippen LogP contribution in [0.3, 0.4) is 0 Å². The molecule has 4 heteroatoms. The van der Waals surface area contributed by atoms with Crippen molar-refractivity contribution in [2.45, 2.75) is 6.42 Å². The number of aromatic nitrogens is 2. The first-order valence-corrected chi connectivity index (χ1v) is 5.23. The van der Waals surface area contributed by atoms with Crippen LogP contribution in [0, 0.1) is 0 Å². The molecule has 0 spiro atoms. The Bertz CT molecular complexity index is 222. The second-order valence-electron chi connectivity index (χ2n) is 2.67. The Labute approximate surface area is 77.3 Å². The number of nitrogens with two attached hydrogens (primary N) is 1. The molecule has 0 aliphatic carbocycles. The number of nitrogens with zero attached hydrogens (tertiary/aromatic N) is 2. The van der Waals surface area contributed by atoms with Crippen molar-refractivity contribution in [3.63, 3.8) is 0 Å². The fourth-order valence-corrected chi connectivity index (χ4v) is 1.73. The van der Waals surface area contributed by atoms with Gasteiger partial charge in [0.25, 0.3) is 0 Å². The quantitative estimate of drug-likeness (QED) is 0.685. The molecule has 1 aromatic rings. The van der Waals surface area contributed by atoms with Crippen molar-refractivity contribution < 1.29 is 0 Å². The van der Waals surface area contributed by atoms with Crippen molar-refractivity contribution in [3.05, 3.63) is 18.0 Å². The van der Waals surface area contributed by atoms with Crippen LogP contribution < -0.4 is 5.73 Å². The molecule has 68 valence electrons. The van der Waals surface area contributed by atoms with Gasteiger partial charge in [-0.15, -0.1) is 0 Å². The average Bonchev–Trinajstić information content (AvgIpc) is 2.45. The van der Waals surface area contributed by atoms with Crippen molar-refractivity contribution in [3.8, 4) is 0 Å². The number of hydrogen-bond donors (Lipinski definition) is 1. The molecule has 0 saturated carbocycles. The molecule has 0 fully saturated rings. The van der Waals surface area contributed by atoms with E-state index >= 15 is 0 Å². The van der Waals surface area contributed by atoms with Gasteiger partial charge in [0.15, 0.2) is 0 Å². The fraction of sp³-hybridized carbons (Fsp3) is 0.625. The molecule has 0 aromatic carbocycles. The van der Waals surface area contributed by atoms with Gasteiger partial charge in [-0.05, 0) is 17.7 Å². The van der Waals surface area contributed by atoms with E-state index in [0.29, 0.717) is 0 Å². The lowest BCUT2D eigenvalue weighted by Gasteiger charge is -1.96. The standard InChI is InChI=1S/C8H15N3S/c1-11-7-8(6-10-11)2-4-12-5-3-9/h6-7H,2-5,9H2,1H3. The summed E-state index contributed by atoms with van der Waals surface area (Å²) in [5, 5.41) is 4.10. The summed E-state index contributed by atoms with van der Waals surface area (Å²) in [5.74, 6) is 2.20. The molecule has 0 aliphatic rings. The van der Waals surface area contributed by atoms with E-state index in [2.05, 4.69) is 11.3 Å². The monoisotopic (exact) mass is 185 g/mol. The van der Waals surface area contributed by atoms with E-state index in [1.807, 2.05) is 29.7 Å². The van der Waals surface area contributed by atoms with Crippen molar-refractivity contribution in [2.24, 2.45) is 12.8 Å². The number of thioether (sulfide) groups is 1. The van der Waals surface area contributed by atoms with E-state index in [-0.39, 0.29) is 0 Å². The molecule has 0 bridgehead atoms. The van der Waals surface area contributed by atoms with E-state index in [9.17, 15) is 0 Å². The maximum Gasteiger partial charge on any atom is 0.0521 e. The maximum atomic E-state index is 5.37. The zero-order chi connectivity index (χ0) is 8.81. The molecule has 12 heavy (non-hydrogen) atoms. The second kappa shape index (κ2) is 5.22. The van der Waals surface area contributed by atoms with Gasteiger partial charge in [0, 0.05) is 25.5 Å². The Morgan fingerprint density at radius 2 is 2.42 bits per heavy atom. The minimum absolute atomic E-state index is 0.776. The van der Waals surface area contributed by atoms with Crippen molar-refractivity contribution in [2.75, 3.05) is 18.1 Å². The van der Waals surface area contributed by atoms with E-state index in [1.165, 1.54) is 5.56 Å². The van der Waals surface area contributed by atoms with Gasteiger partial charge in [0.1, 0.15) is 0 Å². The minimum Gasteiger partial charge on any atom is -0.330 e. The van der Waals surface area contributed by atoms with Crippen LogP contribution in [0.5, 0.6) is 0 Å². The molecule has 0 radical (unpaired) electrons. The van der Waals surface area contributed by atoms with Gasteiger partial charge in [-0.3, -0.25) is 4.68 Å². The summed E-state index contributed by atoms with van der Waals surface area (Å²) >= 11 is 1.90. The van der Waals surface area contributed by atoms with Gasteiger partial charge in [0.2, 0.25) is 0 Å². The summed E-state index contributed by atoms with van der Waals surface area (Å²) < 4.78 is 1.84. The van der Waals surface area contributed by atoms with Gasteiger partial charge in [0.05, 0.1) is 6.20 Å². The molecule has 0 saturated heterocycles. The predicted molar refractivity (Wildman–Crippen MR) is 53.3 cm³/mol. The smallest absolute Gasteiger partial charge is 0.0521 e. The first-order chi connectivity index (χ1) is 5.83. The van der Waals surface area contributed by atoms with Crippen LogP contribution in [0.1, 0.15) is 5.56 Å². The van der Waals surface area contributed by atoms with Crippen LogP contribution in [-0.2, 0) is 13.5 Å². The topological polar surface area (TPSA) is 43.8 Å². The summed E-state index contributed by atoms with van der Waals surface area (Å²) in [4.78, 5) is 0. The van der Waals surface area contributed by atoms with E-state index in [4.69, 9.17) is 5.73 Å². The van der Waals surface area contributed by atoms with Crippen LogP contribution in [0.4, 0.5) is 0 Å². The van der Waals surface area contributed by atoms with Gasteiger partial charge in [-0.1, -0.05) is 0 Å². The number of aryl methyl sites for hydroxylation is 2. The Hall–Kier alpha value is -0.480. The molecular formula is C8H15N3S. The third kappa shape index (κ3) is 3.28. The molecule has 1 rings (SSSR count). The van der Waals surface area contributed by atoms with Gasteiger partial charge < -0.3 is 5.73 Å². The van der Waals surface area contributed by atoms with Crippen molar-refractivity contribution in [1.82, 2.24) is 9.78 Å². The first kappa shape index (κ1) is 9.61. The van der Waals surface area contributed by atoms with Crippen LogP contribution in [0.15, 0.2) is 12.4 Å². The number of hydrogen-bond acceptors (Lipinski definition) is 3. The summed E-state index contributed by atoms with van der Waals surface area (Å²) in [6.45, 7) is 0.776. The molecule has 1 heterocycles. The molecule has 0 aliphatic heterocycles. The Kier molecular flexibility index (Phi) is 4.18. The third-order valence-corrected chi connectivity index (χ3v) is 2.57. The molecule has 0 unspecified atom stereocenters. The van der Waals surface area contributed by atoms with Gasteiger partial charge in [-0.2, -0.15) is 16.9 Å². The van der Waals surface area contributed by atoms with Gasteiger partial charge >= 0.3 is 0 Å². The summed E-state index contributed by atoms with van der Waals surface area (Å²) in [5.41, 5.74) is 6.68. The third-order valence-electron chi connectivity index (χ3n) is 1.56. The molecule has 2 N–H and O–H groups in total. The lowest BCUT2D eigenvalue weighted by Crippen LogP contribution is -2.02. The van der Waals surface area contributed by atoms with E-state index in [0.717, 1.165) is 24.5 Å². The highest BCUT2D eigenvalue weighted by Gasteiger charge is 1.95. The highest BCUT2D eigenvalue weighted by atomic mass is 32.2. The van der Waals surface area contributed by atoms with Crippen molar-refractivity contribution >= 4 is 11.8 Å². The van der Waals surface area contributed by atoms with Crippen molar-refractivity contribution in [1.29, 1.82) is 0 Å². The lowest BCUT2D eigenvalue weighted by molar-refractivity contribution is 0.767. The lowest BCUT2D eigenvalue weighted by atomic mass is 10.3. The average molecular weight is 185 g/mol. The molecule has 1 aromatic heterocycles. The largest absolute Gasteiger partial charge is 0.330 e. The normalized spacial score (nSPS) is 10.5.